The molecule has 1 aliphatic rings. The lowest BCUT2D eigenvalue weighted by molar-refractivity contribution is 0.0250. The van der Waals surface area contributed by atoms with Crippen LogP contribution in [0, 0.1) is 0 Å². The van der Waals surface area contributed by atoms with Crippen molar-refractivity contribution in [2.24, 2.45) is 5.73 Å². The third-order valence-corrected chi connectivity index (χ3v) is 5.05. The zero-order valence-corrected chi connectivity index (χ0v) is 10.8. The standard InChI is InChI=1S/C10H22N2O3S/c1-3-9(7-11)16(13,14)12-8-10(2)5-4-6-15-10/h9,12H,3-8,11H2,1-2H3. The van der Waals surface area contributed by atoms with E-state index in [4.69, 9.17) is 10.5 Å². The highest BCUT2D eigenvalue weighted by Gasteiger charge is 2.32. The van der Waals surface area contributed by atoms with E-state index in [-0.39, 0.29) is 12.1 Å². The van der Waals surface area contributed by atoms with Crippen molar-refractivity contribution in [1.82, 2.24) is 4.72 Å². The van der Waals surface area contributed by atoms with Gasteiger partial charge >= 0.3 is 0 Å². The molecule has 1 aliphatic heterocycles. The Bertz CT molecular complexity index is 306. The molecule has 3 N–H and O–H groups in total. The van der Waals surface area contributed by atoms with E-state index in [0.717, 1.165) is 12.8 Å². The van der Waals surface area contributed by atoms with Gasteiger partial charge in [0.2, 0.25) is 10.0 Å². The molecule has 0 saturated carbocycles. The monoisotopic (exact) mass is 250 g/mol. The van der Waals surface area contributed by atoms with Crippen molar-refractivity contribution in [3.63, 3.8) is 0 Å². The van der Waals surface area contributed by atoms with Crippen molar-refractivity contribution in [2.75, 3.05) is 19.7 Å². The quantitative estimate of drug-likeness (QED) is 0.706. The molecule has 0 aromatic rings. The normalized spacial score (nSPS) is 28.2. The summed E-state index contributed by atoms with van der Waals surface area (Å²) < 4.78 is 31.8. The highest BCUT2D eigenvalue weighted by atomic mass is 32.2. The molecule has 1 saturated heterocycles. The molecule has 2 atom stereocenters. The van der Waals surface area contributed by atoms with Gasteiger partial charge in [0.05, 0.1) is 10.9 Å². The van der Waals surface area contributed by atoms with Crippen LogP contribution in [0.3, 0.4) is 0 Å². The molecule has 2 unspecified atom stereocenters. The first-order valence-corrected chi connectivity index (χ1v) is 7.30. The molecule has 0 aromatic heterocycles. The van der Waals surface area contributed by atoms with Gasteiger partial charge < -0.3 is 10.5 Å². The molecule has 0 aliphatic carbocycles. The fourth-order valence-corrected chi connectivity index (χ4v) is 3.29. The maximum Gasteiger partial charge on any atom is 0.215 e. The Morgan fingerprint density at radius 1 is 1.56 bits per heavy atom. The molecule has 1 rings (SSSR count). The van der Waals surface area contributed by atoms with E-state index in [1.54, 1.807) is 0 Å². The van der Waals surface area contributed by atoms with Crippen LogP contribution in [0.25, 0.3) is 0 Å². The summed E-state index contributed by atoms with van der Waals surface area (Å²) >= 11 is 0. The lowest BCUT2D eigenvalue weighted by Crippen LogP contribution is -2.45. The Balaban J connectivity index is 2.53. The summed E-state index contributed by atoms with van der Waals surface area (Å²) in [7, 11) is -3.30. The van der Waals surface area contributed by atoms with Crippen LogP contribution in [0.15, 0.2) is 0 Å². The molecule has 1 heterocycles. The average Bonchev–Trinajstić information content (AvgIpc) is 2.65. The molecule has 0 aromatic carbocycles. The molecule has 96 valence electrons. The zero-order valence-electron chi connectivity index (χ0n) is 10.0. The third kappa shape index (κ3) is 3.41. The third-order valence-electron chi connectivity index (χ3n) is 3.10. The largest absolute Gasteiger partial charge is 0.374 e. The number of nitrogens with one attached hydrogen (secondary N) is 1. The van der Waals surface area contributed by atoms with Crippen molar-refractivity contribution < 1.29 is 13.2 Å². The van der Waals surface area contributed by atoms with E-state index in [2.05, 4.69) is 4.72 Å². The van der Waals surface area contributed by atoms with Crippen LogP contribution in [-0.4, -0.2) is 39.0 Å². The molecule has 0 spiro atoms. The van der Waals surface area contributed by atoms with Gasteiger partial charge in [-0.25, -0.2) is 13.1 Å². The van der Waals surface area contributed by atoms with Gasteiger partial charge in [0.1, 0.15) is 0 Å². The highest BCUT2D eigenvalue weighted by Crippen LogP contribution is 2.24. The summed E-state index contributed by atoms with van der Waals surface area (Å²) in [6.07, 6.45) is 2.42. The van der Waals surface area contributed by atoms with Gasteiger partial charge in [-0.2, -0.15) is 0 Å². The fourth-order valence-electron chi connectivity index (χ4n) is 1.86. The second kappa shape index (κ2) is 5.44. The predicted octanol–water partition coefficient (Wildman–Crippen LogP) is 0.212. The van der Waals surface area contributed by atoms with E-state index in [9.17, 15) is 8.42 Å². The van der Waals surface area contributed by atoms with Crippen molar-refractivity contribution in [1.29, 1.82) is 0 Å². The Hall–Kier alpha value is -0.170. The minimum Gasteiger partial charge on any atom is -0.374 e. The summed E-state index contributed by atoms with van der Waals surface area (Å²) in [5, 5.41) is -0.502. The smallest absolute Gasteiger partial charge is 0.215 e. The Morgan fingerprint density at radius 2 is 2.25 bits per heavy atom. The number of sulfonamides is 1. The van der Waals surface area contributed by atoms with Gasteiger partial charge in [0, 0.05) is 19.7 Å². The Kier molecular flexibility index (Phi) is 4.73. The molecule has 6 heteroatoms. The van der Waals surface area contributed by atoms with Gasteiger partial charge in [-0.3, -0.25) is 0 Å². The second-order valence-electron chi connectivity index (χ2n) is 4.53. The van der Waals surface area contributed by atoms with Crippen LogP contribution in [0.4, 0.5) is 0 Å². The summed E-state index contributed by atoms with van der Waals surface area (Å²) in [5.74, 6) is 0. The van der Waals surface area contributed by atoms with Crippen LogP contribution in [0.1, 0.15) is 33.1 Å². The maximum atomic E-state index is 11.8. The van der Waals surface area contributed by atoms with Crippen LogP contribution < -0.4 is 10.5 Å². The minimum atomic E-state index is -3.30. The van der Waals surface area contributed by atoms with Gasteiger partial charge in [-0.05, 0) is 26.2 Å². The molecule has 0 bridgehead atoms. The average molecular weight is 250 g/mol. The molecule has 0 amide bonds. The highest BCUT2D eigenvalue weighted by molar-refractivity contribution is 7.90. The van der Waals surface area contributed by atoms with E-state index < -0.39 is 15.3 Å². The molecule has 0 radical (unpaired) electrons. The lowest BCUT2D eigenvalue weighted by Gasteiger charge is -2.24. The first kappa shape index (κ1) is 13.9. The van der Waals surface area contributed by atoms with Crippen LogP contribution in [0.5, 0.6) is 0 Å². The lowest BCUT2D eigenvalue weighted by atomic mass is 10.0. The Morgan fingerprint density at radius 3 is 2.69 bits per heavy atom. The molecular weight excluding hydrogens is 228 g/mol. The molecular formula is C10H22N2O3S. The number of ether oxygens (including phenoxy) is 1. The van der Waals surface area contributed by atoms with Crippen LogP contribution in [0.2, 0.25) is 0 Å². The van der Waals surface area contributed by atoms with Crippen LogP contribution >= 0.6 is 0 Å². The van der Waals surface area contributed by atoms with Crippen LogP contribution in [-0.2, 0) is 14.8 Å². The van der Waals surface area contributed by atoms with Crippen molar-refractivity contribution in [2.45, 2.75) is 44.0 Å². The fraction of sp³-hybridized carbons (Fsp3) is 1.00. The van der Waals surface area contributed by atoms with Crippen molar-refractivity contribution in [3.8, 4) is 0 Å². The van der Waals surface area contributed by atoms with Gasteiger partial charge in [0.25, 0.3) is 0 Å². The van der Waals surface area contributed by atoms with Crippen molar-refractivity contribution in [3.05, 3.63) is 0 Å². The van der Waals surface area contributed by atoms with E-state index in [0.29, 0.717) is 19.6 Å². The van der Waals surface area contributed by atoms with E-state index in [1.165, 1.54) is 0 Å². The summed E-state index contributed by atoms with van der Waals surface area (Å²) in [6.45, 7) is 4.97. The molecule has 16 heavy (non-hydrogen) atoms. The van der Waals surface area contributed by atoms with Gasteiger partial charge in [-0.15, -0.1) is 0 Å². The minimum absolute atomic E-state index is 0.156. The number of hydrogen-bond donors (Lipinski definition) is 2. The summed E-state index contributed by atoms with van der Waals surface area (Å²) in [4.78, 5) is 0. The maximum absolute atomic E-state index is 11.8. The molecule has 5 nitrogen and oxygen atoms in total. The van der Waals surface area contributed by atoms with Gasteiger partial charge in [-0.1, -0.05) is 6.92 Å². The molecule has 1 fully saturated rings. The number of nitrogens with two attached hydrogens (primary N) is 1. The first-order chi connectivity index (χ1) is 7.43. The Labute approximate surface area is 97.8 Å². The zero-order chi connectivity index (χ0) is 12.2. The number of rotatable bonds is 6. The number of hydrogen-bond acceptors (Lipinski definition) is 4. The second-order valence-corrected chi connectivity index (χ2v) is 6.58. The topological polar surface area (TPSA) is 81.4 Å². The van der Waals surface area contributed by atoms with Crippen molar-refractivity contribution >= 4 is 10.0 Å². The summed E-state index contributed by atoms with van der Waals surface area (Å²) in [6, 6.07) is 0. The van der Waals surface area contributed by atoms with E-state index >= 15 is 0 Å². The van der Waals surface area contributed by atoms with E-state index in [1.807, 2.05) is 13.8 Å². The van der Waals surface area contributed by atoms with Gasteiger partial charge in [0.15, 0.2) is 0 Å². The summed E-state index contributed by atoms with van der Waals surface area (Å²) in [5.41, 5.74) is 5.09. The SMILES string of the molecule is CCC(CN)S(=O)(=O)NCC1(C)CCCO1. The predicted molar refractivity (Wildman–Crippen MR) is 63.6 cm³/mol. The first-order valence-electron chi connectivity index (χ1n) is 5.76.